The second-order valence-electron chi connectivity index (χ2n) is 7.26. The van der Waals surface area contributed by atoms with Crippen molar-refractivity contribution >= 4 is 23.2 Å². The highest BCUT2D eigenvalue weighted by Crippen LogP contribution is 2.38. The Bertz CT molecular complexity index is 978. The van der Waals surface area contributed by atoms with Crippen molar-refractivity contribution in [3.05, 3.63) is 52.4 Å². The SMILES string of the molecule is CN1C(=O)[C@H](CC(=O)N2CCN(c3cnn(C)c(=O)c3)CC2)c2ccccc21. The molecule has 2 aromatic rings. The summed E-state index contributed by atoms with van der Waals surface area (Å²) < 4.78 is 1.29. The van der Waals surface area contributed by atoms with Crippen LogP contribution in [0, 0.1) is 0 Å². The maximum atomic E-state index is 12.8. The van der Waals surface area contributed by atoms with Crippen LogP contribution in [0.2, 0.25) is 0 Å². The van der Waals surface area contributed by atoms with Crippen molar-refractivity contribution in [3.8, 4) is 0 Å². The van der Waals surface area contributed by atoms with E-state index in [-0.39, 0.29) is 23.8 Å². The number of rotatable bonds is 3. The zero-order valence-corrected chi connectivity index (χ0v) is 16.0. The molecule has 2 amide bonds. The maximum absolute atomic E-state index is 12.8. The van der Waals surface area contributed by atoms with E-state index in [9.17, 15) is 14.4 Å². The zero-order chi connectivity index (χ0) is 19.8. The minimum atomic E-state index is -0.409. The molecular formula is C20H23N5O3. The van der Waals surface area contributed by atoms with Crippen molar-refractivity contribution in [2.24, 2.45) is 7.05 Å². The third kappa shape index (κ3) is 3.15. The number of piperazine rings is 1. The number of carbonyl (C=O) groups is 2. The number of carbonyl (C=O) groups excluding carboxylic acids is 2. The van der Waals surface area contributed by atoms with Gasteiger partial charge in [0.2, 0.25) is 11.8 Å². The Morgan fingerprint density at radius 3 is 2.54 bits per heavy atom. The normalized spacial score (nSPS) is 19.1. The molecule has 0 unspecified atom stereocenters. The smallest absolute Gasteiger partial charge is 0.268 e. The second-order valence-corrected chi connectivity index (χ2v) is 7.26. The van der Waals surface area contributed by atoms with Crippen LogP contribution >= 0.6 is 0 Å². The van der Waals surface area contributed by atoms with Gasteiger partial charge in [0.25, 0.3) is 5.56 Å². The molecule has 2 aliphatic rings. The molecule has 0 radical (unpaired) electrons. The number of hydrogen-bond acceptors (Lipinski definition) is 5. The molecule has 0 spiro atoms. The van der Waals surface area contributed by atoms with Gasteiger partial charge in [-0.2, -0.15) is 5.10 Å². The van der Waals surface area contributed by atoms with Gasteiger partial charge in [-0.1, -0.05) is 18.2 Å². The fourth-order valence-corrected chi connectivity index (χ4v) is 3.92. The molecule has 0 aliphatic carbocycles. The molecule has 1 aromatic heterocycles. The summed E-state index contributed by atoms with van der Waals surface area (Å²) in [5.74, 6) is -0.447. The number of likely N-dealkylation sites (N-methyl/N-ethyl adjacent to an activating group) is 1. The minimum absolute atomic E-state index is 0.00907. The van der Waals surface area contributed by atoms with E-state index >= 15 is 0 Å². The molecule has 28 heavy (non-hydrogen) atoms. The van der Waals surface area contributed by atoms with E-state index in [1.54, 1.807) is 36.2 Å². The summed E-state index contributed by atoms with van der Waals surface area (Å²) in [5.41, 5.74) is 2.43. The molecule has 4 rings (SSSR count). The van der Waals surface area contributed by atoms with Crippen molar-refractivity contribution in [3.63, 3.8) is 0 Å². The van der Waals surface area contributed by atoms with Gasteiger partial charge in [0.05, 0.1) is 17.8 Å². The number of anilines is 2. The van der Waals surface area contributed by atoms with Gasteiger partial charge in [0, 0.05) is 58.4 Å². The average molecular weight is 381 g/mol. The number of hydrogen-bond donors (Lipinski definition) is 0. The predicted molar refractivity (Wildman–Crippen MR) is 105 cm³/mol. The third-order valence-electron chi connectivity index (χ3n) is 5.63. The lowest BCUT2D eigenvalue weighted by Crippen LogP contribution is -2.49. The number of para-hydroxylation sites is 1. The third-order valence-corrected chi connectivity index (χ3v) is 5.63. The van der Waals surface area contributed by atoms with Crippen LogP contribution in [0.25, 0.3) is 0 Å². The van der Waals surface area contributed by atoms with E-state index in [4.69, 9.17) is 0 Å². The van der Waals surface area contributed by atoms with Crippen molar-refractivity contribution in [1.29, 1.82) is 0 Å². The van der Waals surface area contributed by atoms with E-state index in [2.05, 4.69) is 10.00 Å². The van der Waals surface area contributed by atoms with E-state index in [1.165, 1.54) is 4.68 Å². The second kappa shape index (κ2) is 7.10. The van der Waals surface area contributed by atoms with Crippen LogP contribution in [0.1, 0.15) is 17.9 Å². The largest absolute Gasteiger partial charge is 0.367 e. The van der Waals surface area contributed by atoms with Gasteiger partial charge in [0.15, 0.2) is 0 Å². The predicted octanol–water partition coefficient (Wildman–Crippen LogP) is 0.579. The highest BCUT2D eigenvalue weighted by atomic mass is 16.2. The van der Waals surface area contributed by atoms with Crippen LogP contribution in [0.5, 0.6) is 0 Å². The molecule has 8 nitrogen and oxygen atoms in total. The molecule has 3 heterocycles. The fraction of sp³-hybridized carbons (Fsp3) is 0.400. The summed E-state index contributed by atoms with van der Waals surface area (Å²) in [6.45, 7) is 2.39. The lowest BCUT2D eigenvalue weighted by molar-refractivity contribution is -0.134. The molecule has 1 atom stereocenters. The first-order chi connectivity index (χ1) is 13.5. The van der Waals surface area contributed by atoms with Crippen LogP contribution in [0.3, 0.4) is 0 Å². The van der Waals surface area contributed by atoms with Crippen LogP contribution in [-0.2, 0) is 16.6 Å². The summed E-state index contributed by atoms with van der Waals surface area (Å²) in [4.78, 5) is 42.7. The zero-order valence-electron chi connectivity index (χ0n) is 16.0. The van der Waals surface area contributed by atoms with Gasteiger partial charge in [-0.25, -0.2) is 4.68 Å². The van der Waals surface area contributed by atoms with Crippen LogP contribution in [-0.4, -0.2) is 59.7 Å². The lowest BCUT2D eigenvalue weighted by atomic mass is 9.96. The quantitative estimate of drug-likeness (QED) is 0.777. The highest BCUT2D eigenvalue weighted by Gasteiger charge is 2.37. The summed E-state index contributed by atoms with van der Waals surface area (Å²) in [5, 5.41) is 4.05. The first kappa shape index (κ1) is 18.2. The summed E-state index contributed by atoms with van der Waals surface area (Å²) in [6, 6.07) is 9.20. The Hall–Kier alpha value is -3.16. The maximum Gasteiger partial charge on any atom is 0.268 e. The van der Waals surface area contributed by atoms with E-state index in [1.807, 2.05) is 24.3 Å². The Kier molecular flexibility index (Phi) is 4.62. The molecule has 1 fully saturated rings. The van der Waals surface area contributed by atoms with Gasteiger partial charge in [0.1, 0.15) is 0 Å². The van der Waals surface area contributed by atoms with E-state index < -0.39 is 5.92 Å². The van der Waals surface area contributed by atoms with Gasteiger partial charge in [-0.05, 0) is 11.6 Å². The topological polar surface area (TPSA) is 78.8 Å². The molecule has 1 saturated heterocycles. The molecule has 8 heteroatoms. The number of aromatic nitrogens is 2. The van der Waals surface area contributed by atoms with Crippen molar-refractivity contribution in [2.45, 2.75) is 12.3 Å². The van der Waals surface area contributed by atoms with E-state index in [0.717, 1.165) is 16.9 Å². The molecule has 0 saturated carbocycles. The average Bonchev–Trinajstić information content (AvgIpc) is 2.95. The Labute approximate surface area is 163 Å². The van der Waals surface area contributed by atoms with E-state index in [0.29, 0.717) is 26.2 Å². The van der Waals surface area contributed by atoms with Gasteiger partial charge < -0.3 is 14.7 Å². The first-order valence-corrected chi connectivity index (χ1v) is 9.38. The van der Waals surface area contributed by atoms with Gasteiger partial charge in [-0.3, -0.25) is 14.4 Å². The van der Waals surface area contributed by atoms with Crippen molar-refractivity contribution < 1.29 is 9.59 Å². The summed E-state index contributed by atoms with van der Waals surface area (Å²) >= 11 is 0. The summed E-state index contributed by atoms with van der Waals surface area (Å²) in [6.07, 6.45) is 1.86. The highest BCUT2D eigenvalue weighted by molar-refractivity contribution is 6.06. The lowest BCUT2D eigenvalue weighted by Gasteiger charge is -2.36. The minimum Gasteiger partial charge on any atom is -0.367 e. The molecule has 2 aliphatic heterocycles. The number of fused-ring (bicyclic) bond motifs is 1. The molecule has 1 aromatic carbocycles. The van der Waals surface area contributed by atoms with Crippen LogP contribution < -0.4 is 15.4 Å². The van der Waals surface area contributed by atoms with Crippen LogP contribution in [0.4, 0.5) is 11.4 Å². The van der Waals surface area contributed by atoms with Gasteiger partial charge >= 0.3 is 0 Å². The van der Waals surface area contributed by atoms with Crippen molar-refractivity contribution in [2.75, 3.05) is 43.0 Å². The molecular weight excluding hydrogens is 358 g/mol. The Balaban J connectivity index is 1.40. The summed E-state index contributed by atoms with van der Waals surface area (Å²) in [7, 11) is 3.37. The standard InChI is InChI=1S/C20H23N5O3/c1-22-17-6-4-3-5-15(17)16(20(22)28)12-19(27)25-9-7-24(8-10-25)14-11-18(26)23(2)21-13-14/h3-6,11,13,16H,7-10,12H2,1-2H3/t16-/m1/s1. The number of benzene rings is 1. The molecule has 0 N–H and O–H groups in total. The van der Waals surface area contributed by atoms with Crippen LogP contribution in [0.15, 0.2) is 41.3 Å². The number of aryl methyl sites for hydroxylation is 1. The fourth-order valence-electron chi connectivity index (χ4n) is 3.92. The van der Waals surface area contributed by atoms with Gasteiger partial charge in [-0.15, -0.1) is 0 Å². The number of nitrogens with zero attached hydrogens (tertiary/aromatic N) is 5. The monoisotopic (exact) mass is 381 g/mol. The molecule has 146 valence electrons. The Morgan fingerprint density at radius 1 is 1.11 bits per heavy atom. The molecule has 0 bridgehead atoms. The first-order valence-electron chi connectivity index (χ1n) is 9.38. The van der Waals surface area contributed by atoms with Crippen molar-refractivity contribution in [1.82, 2.24) is 14.7 Å². The Morgan fingerprint density at radius 2 is 1.82 bits per heavy atom. The number of amides is 2.